The van der Waals surface area contributed by atoms with E-state index < -0.39 is 0 Å². The van der Waals surface area contributed by atoms with Gasteiger partial charge in [0.05, 0.1) is 6.61 Å². The Bertz CT molecular complexity index is 648. The second-order valence-electron chi connectivity index (χ2n) is 6.32. The van der Waals surface area contributed by atoms with Gasteiger partial charge in [-0.2, -0.15) is 5.21 Å². The molecule has 2 aromatic rings. The van der Waals surface area contributed by atoms with Gasteiger partial charge in [0.1, 0.15) is 5.82 Å². The lowest BCUT2D eigenvalue weighted by atomic mass is 9.77. The van der Waals surface area contributed by atoms with E-state index in [4.69, 9.17) is 4.74 Å². The maximum atomic E-state index is 14.1. The molecule has 0 radical (unpaired) electrons. The first-order chi connectivity index (χ1) is 11.1. The lowest BCUT2D eigenvalue weighted by Crippen LogP contribution is -2.49. The number of nitrogens with zero attached hydrogens (tertiary/aromatic N) is 3. The first-order valence-corrected chi connectivity index (χ1v) is 7.96. The van der Waals surface area contributed by atoms with Gasteiger partial charge in [-0.1, -0.05) is 13.8 Å². The van der Waals surface area contributed by atoms with Crippen molar-refractivity contribution in [3.05, 3.63) is 29.6 Å². The van der Waals surface area contributed by atoms with Crippen LogP contribution in [0, 0.1) is 11.2 Å². The van der Waals surface area contributed by atoms with Crippen molar-refractivity contribution in [3.8, 4) is 11.4 Å². The van der Waals surface area contributed by atoms with E-state index in [2.05, 4.69) is 39.8 Å². The number of H-pyrrole nitrogens is 1. The zero-order valence-corrected chi connectivity index (χ0v) is 13.5. The van der Waals surface area contributed by atoms with Crippen LogP contribution in [0.3, 0.4) is 0 Å². The fourth-order valence-corrected chi connectivity index (χ4v) is 3.02. The predicted molar refractivity (Wildman–Crippen MR) is 84.0 cm³/mol. The first-order valence-electron chi connectivity index (χ1n) is 7.96. The van der Waals surface area contributed by atoms with Gasteiger partial charge in [0.15, 0.2) is 0 Å². The number of benzene rings is 1. The fourth-order valence-electron chi connectivity index (χ4n) is 3.02. The summed E-state index contributed by atoms with van der Waals surface area (Å²) in [4.78, 5) is 0. The van der Waals surface area contributed by atoms with Crippen LogP contribution in [0.1, 0.15) is 32.3 Å². The molecule has 1 aromatic carbocycles. The zero-order chi connectivity index (χ0) is 16.3. The van der Waals surface area contributed by atoms with Crippen LogP contribution in [0.25, 0.3) is 11.4 Å². The largest absolute Gasteiger partial charge is 0.381 e. The molecule has 0 saturated carbocycles. The summed E-state index contributed by atoms with van der Waals surface area (Å²) in [5.74, 6) is 0.241. The van der Waals surface area contributed by atoms with Gasteiger partial charge in [-0.25, -0.2) is 4.39 Å². The summed E-state index contributed by atoms with van der Waals surface area (Å²) >= 11 is 0. The van der Waals surface area contributed by atoms with E-state index in [0.29, 0.717) is 24.0 Å². The first kappa shape index (κ1) is 16.0. The van der Waals surface area contributed by atoms with Crippen LogP contribution in [0.5, 0.6) is 0 Å². The molecular formula is C16H22FN5O. The van der Waals surface area contributed by atoms with E-state index in [1.807, 2.05) is 0 Å². The summed E-state index contributed by atoms with van der Waals surface area (Å²) in [6, 6.07) is 5.20. The van der Waals surface area contributed by atoms with Crippen LogP contribution in [0.4, 0.5) is 4.39 Å². The molecule has 0 bridgehead atoms. The van der Waals surface area contributed by atoms with E-state index in [-0.39, 0.29) is 11.2 Å². The Kier molecular flexibility index (Phi) is 4.68. The molecule has 0 aliphatic carbocycles. The highest BCUT2D eigenvalue weighted by Crippen LogP contribution is 2.32. The van der Waals surface area contributed by atoms with Crippen molar-refractivity contribution in [3.63, 3.8) is 0 Å². The average Bonchev–Trinajstić information content (AvgIpc) is 3.10. The minimum atomic E-state index is -0.227. The standard InChI is InChI=1S/C16H22FN5O/c1-3-16(2)10-23-7-6-14(16)18-9-12-8-11(4-5-13(12)17)15-19-21-22-20-15/h4-5,8,14,18H,3,6-7,9-10H2,1-2H3,(H,19,20,21,22). The quantitative estimate of drug-likeness (QED) is 0.884. The zero-order valence-electron chi connectivity index (χ0n) is 13.5. The highest BCUT2D eigenvalue weighted by molar-refractivity contribution is 5.55. The van der Waals surface area contributed by atoms with Crippen LogP contribution < -0.4 is 5.32 Å². The third kappa shape index (κ3) is 3.40. The Hall–Kier alpha value is -1.86. The molecule has 3 rings (SSSR count). The number of ether oxygens (including phenoxy) is 1. The van der Waals surface area contributed by atoms with Gasteiger partial charge in [0.2, 0.25) is 5.82 Å². The van der Waals surface area contributed by atoms with E-state index in [0.717, 1.165) is 31.6 Å². The van der Waals surface area contributed by atoms with Gasteiger partial charge in [0, 0.05) is 35.7 Å². The number of halogens is 1. The molecule has 2 unspecified atom stereocenters. The molecule has 23 heavy (non-hydrogen) atoms. The van der Waals surface area contributed by atoms with Crippen LogP contribution in [-0.4, -0.2) is 39.9 Å². The Morgan fingerprint density at radius 2 is 2.35 bits per heavy atom. The summed E-state index contributed by atoms with van der Waals surface area (Å²) < 4.78 is 19.7. The van der Waals surface area contributed by atoms with Crippen molar-refractivity contribution in [1.29, 1.82) is 0 Å². The summed E-state index contributed by atoms with van der Waals surface area (Å²) in [6.07, 6.45) is 1.96. The number of hydrogen-bond acceptors (Lipinski definition) is 5. The van der Waals surface area contributed by atoms with Gasteiger partial charge < -0.3 is 10.1 Å². The van der Waals surface area contributed by atoms with Crippen molar-refractivity contribution < 1.29 is 9.13 Å². The molecule has 124 valence electrons. The normalized spacial score (nSPS) is 24.7. The second-order valence-corrected chi connectivity index (χ2v) is 6.32. The molecule has 6 nitrogen and oxygen atoms in total. The molecule has 2 N–H and O–H groups in total. The highest BCUT2D eigenvalue weighted by Gasteiger charge is 2.35. The van der Waals surface area contributed by atoms with Crippen molar-refractivity contribution >= 4 is 0 Å². The minimum absolute atomic E-state index is 0.0833. The number of nitrogens with one attached hydrogen (secondary N) is 2. The van der Waals surface area contributed by atoms with Gasteiger partial charge >= 0.3 is 0 Å². The number of aromatic nitrogens is 4. The molecule has 1 saturated heterocycles. The van der Waals surface area contributed by atoms with Crippen molar-refractivity contribution in [1.82, 2.24) is 25.9 Å². The Morgan fingerprint density at radius 3 is 3.09 bits per heavy atom. The van der Waals surface area contributed by atoms with Crippen LogP contribution in [-0.2, 0) is 11.3 Å². The third-order valence-corrected chi connectivity index (χ3v) is 4.82. The summed E-state index contributed by atoms with van der Waals surface area (Å²) in [7, 11) is 0. The van der Waals surface area contributed by atoms with Crippen molar-refractivity contribution in [2.24, 2.45) is 5.41 Å². The van der Waals surface area contributed by atoms with Gasteiger partial charge in [-0.05, 0) is 36.3 Å². The molecule has 1 aromatic heterocycles. The molecule has 2 heterocycles. The molecular weight excluding hydrogens is 297 g/mol. The Labute approximate surface area is 134 Å². The predicted octanol–water partition coefficient (Wildman–Crippen LogP) is 2.30. The monoisotopic (exact) mass is 319 g/mol. The molecule has 7 heteroatoms. The van der Waals surface area contributed by atoms with Crippen LogP contribution >= 0.6 is 0 Å². The molecule has 0 spiro atoms. The molecule has 2 atom stereocenters. The van der Waals surface area contributed by atoms with Crippen LogP contribution in [0.2, 0.25) is 0 Å². The summed E-state index contributed by atoms with van der Waals surface area (Å²) in [5.41, 5.74) is 1.44. The van der Waals surface area contributed by atoms with Crippen molar-refractivity contribution in [2.45, 2.75) is 39.3 Å². The number of hydrogen-bond donors (Lipinski definition) is 2. The lowest BCUT2D eigenvalue weighted by molar-refractivity contribution is -0.0258. The lowest BCUT2D eigenvalue weighted by Gasteiger charge is -2.41. The topological polar surface area (TPSA) is 75.7 Å². The Balaban J connectivity index is 1.73. The minimum Gasteiger partial charge on any atom is -0.381 e. The maximum Gasteiger partial charge on any atom is 0.204 e. The number of aromatic amines is 1. The number of rotatable bonds is 5. The Morgan fingerprint density at radius 1 is 1.48 bits per heavy atom. The second kappa shape index (κ2) is 6.72. The smallest absolute Gasteiger partial charge is 0.204 e. The average molecular weight is 319 g/mol. The third-order valence-electron chi connectivity index (χ3n) is 4.82. The van der Waals surface area contributed by atoms with Gasteiger partial charge in [-0.3, -0.25) is 0 Å². The molecule has 0 amide bonds. The number of tetrazole rings is 1. The maximum absolute atomic E-state index is 14.1. The van der Waals surface area contributed by atoms with Gasteiger partial charge in [0.25, 0.3) is 0 Å². The van der Waals surface area contributed by atoms with Crippen LogP contribution in [0.15, 0.2) is 18.2 Å². The van der Waals surface area contributed by atoms with E-state index in [1.165, 1.54) is 6.07 Å². The summed E-state index contributed by atoms with van der Waals surface area (Å²) in [5, 5.41) is 17.3. The molecule has 1 aliphatic heterocycles. The van der Waals surface area contributed by atoms with Gasteiger partial charge in [-0.15, -0.1) is 10.2 Å². The fraction of sp³-hybridized carbons (Fsp3) is 0.562. The SMILES string of the molecule is CCC1(C)COCCC1NCc1cc(-c2nn[nH]n2)ccc1F. The van der Waals surface area contributed by atoms with E-state index in [9.17, 15) is 4.39 Å². The molecule has 1 fully saturated rings. The van der Waals surface area contributed by atoms with Crippen molar-refractivity contribution in [2.75, 3.05) is 13.2 Å². The highest BCUT2D eigenvalue weighted by atomic mass is 19.1. The summed E-state index contributed by atoms with van der Waals surface area (Å²) in [6.45, 7) is 6.35. The van der Waals surface area contributed by atoms with E-state index in [1.54, 1.807) is 12.1 Å². The van der Waals surface area contributed by atoms with E-state index >= 15 is 0 Å². The molecule has 1 aliphatic rings.